The molecule has 3 rings (SSSR count). The van der Waals surface area contributed by atoms with Crippen LogP contribution in [-0.2, 0) is 11.2 Å². The summed E-state index contributed by atoms with van der Waals surface area (Å²) >= 11 is 0. The maximum absolute atomic E-state index is 11.9. The van der Waals surface area contributed by atoms with Gasteiger partial charge < -0.3 is 5.32 Å². The molecule has 19 heavy (non-hydrogen) atoms. The van der Waals surface area contributed by atoms with Crippen molar-refractivity contribution >= 4 is 22.5 Å². The van der Waals surface area contributed by atoms with E-state index in [-0.39, 0.29) is 5.91 Å². The zero-order valence-corrected chi connectivity index (χ0v) is 10.3. The van der Waals surface area contributed by atoms with Crippen LogP contribution >= 0.6 is 0 Å². The van der Waals surface area contributed by atoms with Gasteiger partial charge in [-0.25, -0.2) is 0 Å². The Kier molecular flexibility index (Phi) is 2.98. The van der Waals surface area contributed by atoms with Crippen molar-refractivity contribution in [2.24, 2.45) is 0 Å². The van der Waals surface area contributed by atoms with E-state index < -0.39 is 0 Å². The Morgan fingerprint density at radius 1 is 1.11 bits per heavy atom. The Hall–Kier alpha value is -2.62. The summed E-state index contributed by atoms with van der Waals surface area (Å²) in [5.74, 6) is 0.560. The lowest BCUT2D eigenvalue weighted by molar-refractivity contribution is -0.115. The molecule has 0 aliphatic rings. The zero-order chi connectivity index (χ0) is 13.1. The zero-order valence-electron chi connectivity index (χ0n) is 10.3. The minimum Gasteiger partial charge on any atom is -0.311 e. The first-order valence-electron chi connectivity index (χ1n) is 6.08. The number of aromatic amines is 1. The summed E-state index contributed by atoms with van der Waals surface area (Å²) in [5, 5.41) is 11.6. The topological polar surface area (TPSA) is 57.8 Å². The number of anilines is 1. The number of rotatable bonds is 3. The fourth-order valence-corrected chi connectivity index (χ4v) is 2.05. The molecule has 4 heteroatoms. The van der Waals surface area contributed by atoms with Crippen LogP contribution in [0.25, 0.3) is 10.8 Å². The summed E-state index contributed by atoms with van der Waals surface area (Å²) in [7, 11) is 0. The lowest BCUT2D eigenvalue weighted by Crippen LogP contribution is -2.14. The van der Waals surface area contributed by atoms with Gasteiger partial charge in [0.25, 0.3) is 0 Å². The molecule has 0 radical (unpaired) electrons. The molecule has 94 valence electrons. The summed E-state index contributed by atoms with van der Waals surface area (Å²) in [5.41, 5.74) is 0.996. The molecule has 0 spiro atoms. The van der Waals surface area contributed by atoms with Gasteiger partial charge in [-0.2, -0.15) is 5.10 Å². The molecule has 1 amide bonds. The third-order valence-electron chi connectivity index (χ3n) is 2.95. The van der Waals surface area contributed by atoms with Gasteiger partial charge in [0.2, 0.25) is 5.91 Å². The number of carbonyl (C=O) groups is 1. The number of nitrogens with one attached hydrogen (secondary N) is 2. The molecular weight excluding hydrogens is 238 g/mol. The number of fused-ring (bicyclic) bond motifs is 1. The van der Waals surface area contributed by atoms with Gasteiger partial charge in [0.05, 0.1) is 12.6 Å². The third kappa shape index (κ3) is 2.63. The molecule has 4 nitrogen and oxygen atoms in total. The van der Waals surface area contributed by atoms with Crippen molar-refractivity contribution in [2.75, 3.05) is 5.32 Å². The number of amides is 1. The number of hydrogen-bond donors (Lipinski definition) is 2. The van der Waals surface area contributed by atoms with Crippen LogP contribution in [0, 0.1) is 0 Å². The lowest BCUT2D eigenvalue weighted by atomic mass is 10.1. The van der Waals surface area contributed by atoms with E-state index in [1.165, 1.54) is 5.39 Å². The molecule has 0 aliphatic heterocycles. The van der Waals surface area contributed by atoms with Crippen molar-refractivity contribution in [1.82, 2.24) is 10.2 Å². The maximum atomic E-state index is 11.9. The predicted octanol–water partition coefficient (Wildman–Crippen LogP) is 2.74. The number of hydrogen-bond acceptors (Lipinski definition) is 2. The van der Waals surface area contributed by atoms with E-state index in [1.54, 1.807) is 12.3 Å². The van der Waals surface area contributed by atoms with E-state index in [4.69, 9.17) is 0 Å². The SMILES string of the molecule is O=C(Cc1ccc2ccccc2c1)Nc1ccn[nH]1. The van der Waals surface area contributed by atoms with Gasteiger partial charge >= 0.3 is 0 Å². The summed E-state index contributed by atoms with van der Waals surface area (Å²) in [6.07, 6.45) is 1.95. The number of H-pyrrole nitrogens is 1. The summed E-state index contributed by atoms with van der Waals surface area (Å²) < 4.78 is 0. The van der Waals surface area contributed by atoms with Crippen molar-refractivity contribution in [2.45, 2.75) is 6.42 Å². The van der Waals surface area contributed by atoms with Crippen LogP contribution in [0.5, 0.6) is 0 Å². The van der Waals surface area contributed by atoms with Crippen molar-refractivity contribution in [3.63, 3.8) is 0 Å². The Labute approximate surface area is 110 Å². The summed E-state index contributed by atoms with van der Waals surface area (Å²) in [6, 6.07) is 15.9. The second-order valence-corrected chi connectivity index (χ2v) is 4.38. The Morgan fingerprint density at radius 2 is 1.95 bits per heavy atom. The van der Waals surface area contributed by atoms with Crippen LogP contribution in [0.15, 0.2) is 54.7 Å². The number of nitrogens with zero attached hydrogens (tertiary/aromatic N) is 1. The monoisotopic (exact) mass is 251 g/mol. The molecule has 0 saturated carbocycles. The van der Waals surface area contributed by atoms with Crippen molar-refractivity contribution < 1.29 is 4.79 Å². The Balaban J connectivity index is 1.75. The van der Waals surface area contributed by atoms with Crippen LogP contribution in [-0.4, -0.2) is 16.1 Å². The highest BCUT2D eigenvalue weighted by Gasteiger charge is 2.05. The second kappa shape index (κ2) is 4.94. The molecule has 2 N–H and O–H groups in total. The quantitative estimate of drug-likeness (QED) is 0.752. The molecule has 0 fully saturated rings. The van der Waals surface area contributed by atoms with Crippen molar-refractivity contribution in [3.05, 3.63) is 60.3 Å². The fraction of sp³-hybridized carbons (Fsp3) is 0.0667. The van der Waals surface area contributed by atoms with Crippen LogP contribution in [0.2, 0.25) is 0 Å². The fourth-order valence-electron chi connectivity index (χ4n) is 2.05. The normalized spacial score (nSPS) is 10.5. The first-order chi connectivity index (χ1) is 9.31. The predicted molar refractivity (Wildman–Crippen MR) is 74.9 cm³/mol. The summed E-state index contributed by atoms with van der Waals surface area (Å²) in [4.78, 5) is 11.9. The van der Waals surface area contributed by atoms with Gasteiger partial charge in [-0.15, -0.1) is 0 Å². The summed E-state index contributed by atoms with van der Waals surface area (Å²) in [6.45, 7) is 0. The lowest BCUT2D eigenvalue weighted by Gasteiger charge is -2.04. The smallest absolute Gasteiger partial charge is 0.229 e. The van der Waals surface area contributed by atoms with Gasteiger partial charge in [-0.1, -0.05) is 42.5 Å². The van der Waals surface area contributed by atoms with Crippen molar-refractivity contribution in [3.8, 4) is 0 Å². The molecular formula is C15H13N3O. The highest BCUT2D eigenvalue weighted by atomic mass is 16.1. The molecule has 0 saturated heterocycles. The minimum atomic E-state index is -0.0560. The first-order valence-corrected chi connectivity index (χ1v) is 6.08. The van der Waals surface area contributed by atoms with E-state index >= 15 is 0 Å². The first kappa shape index (κ1) is 11.5. The molecule has 0 unspecified atom stereocenters. The van der Waals surface area contributed by atoms with Gasteiger partial charge in [0.1, 0.15) is 5.82 Å². The average Bonchev–Trinajstić information content (AvgIpc) is 2.91. The number of carbonyl (C=O) groups excluding carboxylic acids is 1. The molecule has 0 aliphatic carbocycles. The molecule has 0 atom stereocenters. The minimum absolute atomic E-state index is 0.0560. The van der Waals surface area contributed by atoms with Crippen LogP contribution in [0.1, 0.15) is 5.56 Å². The average molecular weight is 251 g/mol. The third-order valence-corrected chi connectivity index (χ3v) is 2.95. The van der Waals surface area contributed by atoms with Crippen LogP contribution in [0.3, 0.4) is 0 Å². The van der Waals surface area contributed by atoms with E-state index in [0.717, 1.165) is 10.9 Å². The van der Waals surface area contributed by atoms with E-state index in [9.17, 15) is 4.79 Å². The molecule has 1 heterocycles. The maximum Gasteiger partial charge on any atom is 0.229 e. The standard InChI is InChI=1S/C15H13N3O/c19-15(17-14-7-8-16-18-14)10-11-5-6-12-3-1-2-4-13(12)9-11/h1-9H,10H2,(H2,16,17,18,19). The number of benzene rings is 2. The van der Waals surface area contributed by atoms with Crippen molar-refractivity contribution in [1.29, 1.82) is 0 Å². The van der Waals surface area contributed by atoms with E-state index in [0.29, 0.717) is 12.2 Å². The number of aromatic nitrogens is 2. The Bertz CT molecular complexity index is 704. The second-order valence-electron chi connectivity index (χ2n) is 4.38. The molecule has 1 aromatic heterocycles. The highest BCUT2D eigenvalue weighted by molar-refractivity contribution is 5.92. The largest absolute Gasteiger partial charge is 0.311 e. The van der Waals surface area contributed by atoms with Gasteiger partial charge in [-0.05, 0) is 16.3 Å². The van der Waals surface area contributed by atoms with Gasteiger partial charge in [0, 0.05) is 6.07 Å². The Morgan fingerprint density at radius 3 is 2.74 bits per heavy atom. The van der Waals surface area contributed by atoms with E-state index in [1.807, 2.05) is 36.4 Å². The van der Waals surface area contributed by atoms with Gasteiger partial charge in [-0.3, -0.25) is 9.89 Å². The molecule has 3 aromatic rings. The van der Waals surface area contributed by atoms with Crippen LogP contribution < -0.4 is 5.32 Å². The highest BCUT2D eigenvalue weighted by Crippen LogP contribution is 2.16. The molecule has 2 aromatic carbocycles. The van der Waals surface area contributed by atoms with E-state index in [2.05, 4.69) is 21.6 Å². The molecule has 0 bridgehead atoms. The van der Waals surface area contributed by atoms with Gasteiger partial charge in [0.15, 0.2) is 0 Å². The van der Waals surface area contributed by atoms with Crippen LogP contribution in [0.4, 0.5) is 5.82 Å².